The van der Waals surface area contributed by atoms with E-state index in [-0.39, 0.29) is 5.69 Å². The highest BCUT2D eigenvalue weighted by Gasteiger charge is 2.30. The van der Waals surface area contributed by atoms with Crippen LogP contribution in [-0.4, -0.2) is 20.4 Å². The van der Waals surface area contributed by atoms with Crippen molar-refractivity contribution in [3.63, 3.8) is 0 Å². The molecule has 0 fully saturated rings. The molecule has 0 saturated heterocycles. The molecule has 2 heterocycles. The standard InChI is InChI=1S/C21H16F3N5O/c1-13-18(28-19-25-9-4-10-29(13)19)14-5-2-7-16(11-14)26-20(30)27-17-8-3-6-15(12-17)21(22,23)24/h2-12H,1H3,(H2,26,27,30). The molecule has 0 aliphatic carbocycles. The number of aryl methyl sites for hydroxylation is 1. The molecule has 0 aliphatic rings. The van der Waals surface area contributed by atoms with Gasteiger partial charge in [0, 0.05) is 35.0 Å². The first kappa shape index (κ1) is 19.4. The number of halogens is 3. The smallest absolute Gasteiger partial charge is 0.308 e. The highest BCUT2D eigenvalue weighted by atomic mass is 19.4. The molecule has 9 heteroatoms. The molecule has 0 bridgehead atoms. The van der Waals surface area contributed by atoms with E-state index in [0.717, 1.165) is 29.1 Å². The first-order valence-corrected chi connectivity index (χ1v) is 8.96. The molecule has 0 unspecified atom stereocenters. The Labute approximate surface area is 169 Å². The number of carbonyl (C=O) groups is 1. The minimum Gasteiger partial charge on any atom is -0.308 e. The Hall–Kier alpha value is -3.88. The summed E-state index contributed by atoms with van der Waals surface area (Å²) >= 11 is 0. The Morgan fingerprint density at radius 2 is 1.70 bits per heavy atom. The summed E-state index contributed by atoms with van der Waals surface area (Å²) in [6.45, 7) is 1.91. The normalized spacial score (nSPS) is 11.5. The number of amides is 2. The summed E-state index contributed by atoms with van der Waals surface area (Å²) in [6, 6.07) is 12.6. The second-order valence-electron chi connectivity index (χ2n) is 6.57. The number of anilines is 2. The molecule has 4 aromatic rings. The number of nitrogens with one attached hydrogen (secondary N) is 2. The molecule has 4 rings (SSSR count). The lowest BCUT2D eigenvalue weighted by molar-refractivity contribution is -0.137. The number of nitrogens with zero attached hydrogens (tertiary/aromatic N) is 3. The predicted octanol–water partition coefficient (Wildman–Crippen LogP) is 5.37. The van der Waals surface area contributed by atoms with Crippen molar-refractivity contribution >= 4 is 23.2 Å². The number of hydrogen-bond acceptors (Lipinski definition) is 3. The van der Waals surface area contributed by atoms with E-state index in [4.69, 9.17) is 0 Å². The van der Waals surface area contributed by atoms with Gasteiger partial charge in [0.25, 0.3) is 0 Å². The van der Waals surface area contributed by atoms with Crippen molar-refractivity contribution in [3.05, 3.63) is 78.2 Å². The quantitative estimate of drug-likeness (QED) is 0.476. The van der Waals surface area contributed by atoms with Crippen LogP contribution >= 0.6 is 0 Å². The number of alkyl halides is 3. The Balaban J connectivity index is 1.53. The summed E-state index contributed by atoms with van der Waals surface area (Å²) in [5.74, 6) is 0.561. The van der Waals surface area contributed by atoms with Crippen LogP contribution in [0.25, 0.3) is 17.0 Å². The number of rotatable bonds is 3. The van der Waals surface area contributed by atoms with E-state index in [2.05, 4.69) is 20.6 Å². The van der Waals surface area contributed by atoms with Crippen LogP contribution in [0.1, 0.15) is 11.3 Å². The fourth-order valence-corrected chi connectivity index (χ4v) is 3.09. The van der Waals surface area contributed by atoms with Crippen molar-refractivity contribution < 1.29 is 18.0 Å². The third kappa shape index (κ3) is 3.95. The van der Waals surface area contributed by atoms with Gasteiger partial charge in [-0.05, 0) is 43.3 Å². The first-order valence-electron chi connectivity index (χ1n) is 8.96. The van der Waals surface area contributed by atoms with Gasteiger partial charge >= 0.3 is 12.2 Å². The van der Waals surface area contributed by atoms with Gasteiger partial charge in [0.1, 0.15) is 0 Å². The molecular weight excluding hydrogens is 395 g/mol. The van der Waals surface area contributed by atoms with Crippen LogP contribution in [0.3, 0.4) is 0 Å². The van der Waals surface area contributed by atoms with Gasteiger partial charge in [0.15, 0.2) is 0 Å². The topological polar surface area (TPSA) is 71.3 Å². The van der Waals surface area contributed by atoms with Gasteiger partial charge in [-0.3, -0.25) is 4.40 Å². The van der Waals surface area contributed by atoms with Crippen LogP contribution in [0.15, 0.2) is 67.0 Å². The van der Waals surface area contributed by atoms with Crippen LogP contribution in [-0.2, 0) is 6.18 Å². The molecule has 6 nitrogen and oxygen atoms in total. The lowest BCUT2D eigenvalue weighted by Gasteiger charge is -2.11. The van der Waals surface area contributed by atoms with Gasteiger partial charge in [0.2, 0.25) is 5.78 Å². The molecule has 0 radical (unpaired) electrons. The number of benzene rings is 2. The van der Waals surface area contributed by atoms with Crippen molar-refractivity contribution in [2.24, 2.45) is 0 Å². The van der Waals surface area contributed by atoms with Gasteiger partial charge in [0.05, 0.1) is 11.3 Å². The van der Waals surface area contributed by atoms with Gasteiger partial charge in [-0.25, -0.2) is 14.8 Å². The van der Waals surface area contributed by atoms with E-state index in [0.29, 0.717) is 11.5 Å². The molecule has 2 N–H and O–H groups in total. The zero-order chi connectivity index (χ0) is 21.3. The van der Waals surface area contributed by atoms with E-state index >= 15 is 0 Å². The average Bonchev–Trinajstić information content (AvgIpc) is 3.05. The first-order chi connectivity index (χ1) is 14.3. The Morgan fingerprint density at radius 3 is 2.40 bits per heavy atom. The zero-order valence-electron chi connectivity index (χ0n) is 15.7. The van der Waals surface area contributed by atoms with E-state index in [1.54, 1.807) is 24.4 Å². The van der Waals surface area contributed by atoms with Crippen molar-refractivity contribution in [1.29, 1.82) is 0 Å². The highest BCUT2D eigenvalue weighted by Crippen LogP contribution is 2.31. The molecule has 30 heavy (non-hydrogen) atoms. The SMILES string of the molecule is Cc1c(-c2cccc(NC(=O)Nc3cccc(C(F)(F)F)c3)c2)nc2ncccn12. The fraction of sp³-hybridized carbons (Fsp3) is 0.0952. The molecule has 2 amide bonds. The number of fused-ring (bicyclic) bond motifs is 1. The maximum Gasteiger partial charge on any atom is 0.416 e. The van der Waals surface area contributed by atoms with Crippen LogP contribution in [0.4, 0.5) is 29.3 Å². The molecule has 2 aromatic carbocycles. The van der Waals surface area contributed by atoms with Crippen molar-refractivity contribution in [3.8, 4) is 11.3 Å². The van der Waals surface area contributed by atoms with Gasteiger partial charge < -0.3 is 10.6 Å². The minimum atomic E-state index is -4.48. The summed E-state index contributed by atoms with van der Waals surface area (Å²) in [6.07, 6.45) is -0.969. The summed E-state index contributed by atoms with van der Waals surface area (Å²) in [5.41, 5.74) is 2.06. The van der Waals surface area contributed by atoms with Crippen LogP contribution < -0.4 is 10.6 Å². The Kier molecular flexibility index (Phi) is 4.86. The van der Waals surface area contributed by atoms with E-state index < -0.39 is 17.8 Å². The minimum absolute atomic E-state index is 0.0424. The number of imidazole rings is 1. The highest BCUT2D eigenvalue weighted by molar-refractivity contribution is 6.00. The predicted molar refractivity (Wildman–Crippen MR) is 107 cm³/mol. The van der Waals surface area contributed by atoms with E-state index in [1.807, 2.05) is 29.7 Å². The third-order valence-corrected chi connectivity index (χ3v) is 4.48. The van der Waals surface area contributed by atoms with Gasteiger partial charge in [-0.1, -0.05) is 18.2 Å². The maximum absolute atomic E-state index is 12.8. The second-order valence-corrected chi connectivity index (χ2v) is 6.57. The largest absolute Gasteiger partial charge is 0.416 e. The van der Waals surface area contributed by atoms with Crippen LogP contribution in [0.2, 0.25) is 0 Å². The number of aromatic nitrogens is 3. The molecular formula is C21H16F3N5O. The van der Waals surface area contributed by atoms with Crippen LogP contribution in [0, 0.1) is 6.92 Å². The molecule has 152 valence electrons. The summed E-state index contributed by atoms with van der Waals surface area (Å²) in [4.78, 5) is 21.0. The second kappa shape index (κ2) is 7.51. The van der Waals surface area contributed by atoms with Crippen LogP contribution in [0.5, 0.6) is 0 Å². The maximum atomic E-state index is 12.8. The molecule has 0 saturated carbocycles. The number of urea groups is 1. The zero-order valence-corrected chi connectivity index (χ0v) is 15.7. The third-order valence-electron chi connectivity index (χ3n) is 4.48. The van der Waals surface area contributed by atoms with Crippen molar-refractivity contribution in [2.75, 3.05) is 10.6 Å². The van der Waals surface area contributed by atoms with Crippen molar-refractivity contribution in [1.82, 2.24) is 14.4 Å². The molecule has 0 atom stereocenters. The Morgan fingerprint density at radius 1 is 1.00 bits per heavy atom. The monoisotopic (exact) mass is 411 g/mol. The summed E-state index contributed by atoms with van der Waals surface area (Å²) in [5, 5.41) is 5.05. The average molecular weight is 411 g/mol. The van der Waals surface area contributed by atoms with Gasteiger partial charge in [-0.15, -0.1) is 0 Å². The van der Waals surface area contributed by atoms with Gasteiger partial charge in [-0.2, -0.15) is 13.2 Å². The van der Waals surface area contributed by atoms with E-state index in [1.165, 1.54) is 12.1 Å². The summed E-state index contributed by atoms with van der Waals surface area (Å²) < 4.78 is 40.3. The van der Waals surface area contributed by atoms with Crippen molar-refractivity contribution in [2.45, 2.75) is 13.1 Å². The molecule has 0 spiro atoms. The lowest BCUT2D eigenvalue weighted by Crippen LogP contribution is -2.19. The van der Waals surface area contributed by atoms with E-state index in [9.17, 15) is 18.0 Å². The molecule has 0 aliphatic heterocycles. The number of carbonyl (C=O) groups excluding carboxylic acids is 1. The Bertz CT molecular complexity index is 1230. The summed E-state index contributed by atoms with van der Waals surface area (Å²) in [7, 11) is 0. The fourth-order valence-electron chi connectivity index (χ4n) is 3.09. The molecule has 2 aromatic heterocycles. The lowest BCUT2D eigenvalue weighted by atomic mass is 10.1. The number of hydrogen-bond donors (Lipinski definition) is 2.